The molecular formula is C16H22ClNO. The maximum Gasteiger partial charge on any atom is 0.230 e. The van der Waals surface area contributed by atoms with E-state index in [-0.39, 0.29) is 11.8 Å². The molecule has 1 aromatic rings. The molecule has 104 valence electrons. The summed E-state index contributed by atoms with van der Waals surface area (Å²) in [7, 11) is 0. The lowest BCUT2D eigenvalue weighted by Gasteiger charge is -2.34. The minimum atomic E-state index is -0.00437. The lowest BCUT2D eigenvalue weighted by molar-refractivity contribution is -0.134. The fourth-order valence-corrected chi connectivity index (χ4v) is 3.10. The first kappa shape index (κ1) is 14.4. The van der Waals surface area contributed by atoms with Crippen molar-refractivity contribution in [1.29, 1.82) is 0 Å². The van der Waals surface area contributed by atoms with E-state index in [1.807, 2.05) is 23.1 Å². The van der Waals surface area contributed by atoms with Gasteiger partial charge in [0.1, 0.15) is 0 Å². The quantitative estimate of drug-likeness (QED) is 0.771. The maximum absolute atomic E-state index is 12.7. The van der Waals surface area contributed by atoms with Crippen LogP contribution in [0.4, 0.5) is 0 Å². The number of piperidine rings is 1. The predicted octanol–water partition coefficient (Wildman–Crippen LogP) is 3.66. The highest BCUT2D eigenvalue weighted by atomic mass is 35.5. The van der Waals surface area contributed by atoms with Crippen LogP contribution in [-0.2, 0) is 4.79 Å². The van der Waals surface area contributed by atoms with E-state index >= 15 is 0 Å². The Bertz CT molecular complexity index is 406. The van der Waals surface area contributed by atoms with Crippen molar-refractivity contribution in [3.63, 3.8) is 0 Å². The van der Waals surface area contributed by atoms with Crippen molar-refractivity contribution in [2.45, 2.75) is 32.1 Å². The van der Waals surface area contributed by atoms with Gasteiger partial charge < -0.3 is 4.90 Å². The minimum Gasteiger partial charge on any atom is -0.342 e. The summed E-state index contributed by atoms with van der Waals surface area (Å²) in [6, 6.07) is 10.1. The highest BCUT2D eigenvalue weighted by molar-refractivity contribution is 6.18. The first-order valence-corrected chi connectivity index (χ1v) is 7.69. The molecule has 1 aliphatic heterocycles. The number of nitrogens with zero attached hydrogens (tertiary/aromatic N) is 1. The van der Waals surface area contributed by atoms with Crippen LogP contribution in [0.3, 0.4) is 0 Å². The summed E-state index contributed by atoms with van der Waals surface area (Å²) in [5.41, 5.74) is 1.13. The van der Waals surface area contributed by atoms with Crippen molar-refractivity contribution in [2.24, 2.45) is 5.92 Å². The van der Waals surface area contributed by atoms with Crippen LogP contribution in [-0.4, -0.2) is 29.8 Å². The lowest BCUT2D eigenvalue weighted by Crippen LogP contribution is -2.42. The summed E-state index contributed by atoms with van der Waals surface area (Å²) in [5, 5.41) is 0. The van der Waals surface area contributed by atoms with Gasteiger partial charge in [-0.2, -0.15) is 0 Å². The zero-order valence-electron chi connectivity index (χ0n) is 11.5. The van der Waals surface area contributed by atoms with E-state index in [0.717, 1.165) is 37.9 Å². The molecule has 0 spiro atoms. The number of amides is 1. The number of carbonyl (C=O) groups excluding carboxylic acids is 1. The molecule has 3 heteroatoms. The average Bonchev–Trinajstić information content (AvgIpc) is 2.49. The Morgan fingerprint density at radius 3 is 2.79 bits per heavy atom. The molecule has 0 radical (unpaired) electrons. The summed E-state index contributed by atoms with van der Waals surface area (Å²) in [6.07, 6.45) is 3.08. The van der Waals surface area contributed by atoms with Gasteiger partial charge in [-0.15, -0.1) is 11.6 Å². The van der Waals surface area contributed by atoms with Gasteiger partial charge in [-0.1, -0.05) is 37.3 Å². The molecule has 2 unspecified atom stereocenters. The zero-order chi connectivity index (χ0) is 13.7. The van der Waals surface area contributed by atoms with E-state index in [9.17, 15) is 4.79 Å². The van der Waals surface area contributed by atoms with Crippen molar-refractivity contribution in [3.05, 3.63) is 35.9 Å². The van der Waals surface area contributed by atoms with E-state index in [0.29, 0.717) is 11.8 Å². The SMILES string of the molecule is CCC(C(=O)N1CCCC(CCl)C1)c1ccccc1. The number of rotatable bonds is 4. The summed E-state index contributed by atoms with van der Waals surface area (Å²) in [6.45, 7) is 3.79. The van der Waals surface area contributed by atoms with Gasteiger partial charge in [-0.05, 0) is 30.7 Å². The molecule has 1 heterocycles. The third-order valence-electron chi connectivity index (χ3n) is 3.96. The standard InChI is InChI=1S/C16H22ClNO/c1-2-15(14-8-4-3-5-9-14)16(19)18-10-6-7-13(11-17)12-18/h3-5,8-9,13,15H,2,6-7,10-12H2,1H3. The van der Waals surface area contributed by atoms with Gasteiger partial charge in [-0.3, -0.25) is 4.79 Å². The van der Waals surface area contributed by atoms with Crippen LogP contribution in [0.25, 0.3) is 0 Å². The Labute approximate surface area is 120 Å². The van der Waals surface area contributed by atoms with Gasteiger partial charge >= 0.3 is 0 Å². The van der Waals surface area contributed by atoms with Crippen LogP contribution in [0, 0.1) is 5.92 Å². The van der Waals surface area contributed by atoms with Crippen molar-refractivity contribution in [3.8, 4) is 0 Å². The molecule has 1 amide bonds. The lowest BCUT2D eigenvalue weighted by atomic mass is 9.92. The molecule has 0 aromatic heterocycles. The Hall–Kier alpha value is -1.02. The second kappa shape index (κ2) is 6.95. The predicted molar refractivity (Wildman–Crippen MR) is 79.5 cm³/mol. The van der Waals surface area contributed by atoms with E-state index in [1.165, 1.54) is 0 Å². The normalized spacial score (nSPS) is 21.2. The number of likely N-dealkylation sites (tertiary alicyclic amines) is 1. The molecule has 1 aliphatic rings. The van der Waals surface area contributed by atoms with Crippen LogP contribution in [0.5, 0.6) is 0 Å². The second-order valence-corrected chi connectivity index (χ2v) is 5.63. The van der Waals surface area contributed by atoms with Crippen molar-refractivity contribution >= 4 is 17.5 Å². The number of halogens is 1. The van der Waals surface area contributed by atoms with Gasteiger partial charge in [0.25, 0.3) is 0 Å². The third-order valence-corrected chi connectivity index (χ3v) is 4.39. The Morgan fingerprint density at radius 1 is 1.42 bits per heavy atom. The van der Waals surface area contributed by atoms with E-state index in [1.54, 1.807) is 0 Å². The molecule has 0 bridgehead atoms. The van der Waals surface area contributed by atoms with Crippen LogP contribution in [0.1, 0.15) is 37.7 Å². The van der Waals surface area contributed by atoms with Gasteiger partial charge in [-0.25, -0.2) is 0 Å². The van der Waals surface area contributed by atoms with E-state index < -0.39 is 0 Å². The van der Waals surface area contributed by atoms with Crippen LogP contribution in [0.2, 0.25) is 0 Å². The Morgan fingerprint density at radius 2 is 2.16 bits per heavy atom. The highest BCUT2D eigenvalue weighted by Gasteiger charge is 2.28. The van der Waals surface area contributed by atoms with Crippen molar-refractivity contribution in [2.75, 3.05) is 19.0 Å². The number of alkyl halides is 1. The number of hydrogen-bond donors (Lipinski definition) is 0. The molecule has 0 saturated carbocycles. The van der Waals surface area contributed by atoms with Crippen molar-refractivity contribution in [1.82, 2.24) is 4.90 Å². The highest BCUT2D eigenvalue weighted by Crippen LogP contribution is 2.25. The molecule has 19 heavy (non-hydrogen) atoms. The Balaban J connectivity index is 2.08. The first-order chi connectivity index (χ1) is 9.26. The summed E-state index contributed by atoms with van der Waals surface area (Å²) in [4.78, 5) is 14.7. The van der Waals surface area contributed by atoms with Crippen LogP contribution < -0.4 is 0 Å². The summed E-state index contributed by atoms with van der Waals surface area (Å²) < 4.78 is 0. The smallest absolute Gasteiger partial charge is 0.230 e. The van der Waals surface area contributed by atoms with E-state index in [4.69, 9.17) is 11.6 Å². The fourth-order valence-electron chi connectivity index (χ4n) is 2.85. The Kier molecular flexibility index (Phi) is 5.26. The maximum atomic E-state index is 12.7. The largest absolute Gasteiger partial charge is 0.342 e. The fraction of sp³-hybridized carbons (Fsp3) is 0.562. The monoisotopic (exact) mass is 279 g/mol. The topological polar surface area (TPSA) is 20.3 Å². The molecular weight excluding hydrogens is 258 g/mol. The molecule has 2 atom stereocenters. The van der Waals surface area contributed by atoms with Crippen LogP contribution >= 0.6 is 11.6 Å². The summed E-state index contributed by atoms with van der Waals surface area (Å²) in [5.74, 6) is 1.39. The van der Waals surface area contributed by atoms with Crippen LogP contribution in [0.15, 0.2) is 30.3 Å². The number of benzene rings is 1. The average molecular weight is 280 g/mol. The molecule has 0 N–H and O–H groups in total. The number of carbonyl (C=O) groups is 1. The molecule has 2 rings (SSSR count). The minimum absolute atomic E-state index is 0.00437. The molecule has 0 aliphatic carbocycles. The van der Waals surface area contributed by atoms with E-state index in [2.05, 4.69) is 19.1 Å². The third kappa shape index (κ3) is 3.50. The second-order valence-electron chi connectivity index (χ2n) is 5.32. The molecule has 2 nitrogen and oxygen atoms in total. The van der Waals surface area contributed by atoms with Crippen molar-refractivity contribution < 1.29 is 4.79 Å². The van der Waals surface area contributed by atoms with Gasteiger partial charge in [0.2, 0.25) is 5.91 Å². The molecule has 1 fully saturated rings. The molecule has 1 aromatic carbocycles. The zero-order valence-corrected chi connectivity index (χ0v) is 12.3. The molecule has 1 saturated heterocycles. The van der Waals surface area contributed by atoms with Gasteiger partial charge in [0.15, 0.2) is 0 Å². The first-order valence-electron chi connectivity index (χ1n) is 7.16. The van der Waals surface area contributed by atoms with Gasteiger partial charge in [0, 0.05) is 19.0 Å². The van der Waals surface area contributed by atoms with Gasteiger partial charge in [0.05, 0.1) is 5.92 Å². The summed E-state index contributed by atoms with van der Waals surface area (Å²) >= 11 is 5.94. The number of hydrogen-bond acceptors (Lipinski definition) is 1.